The van der Waals surface area contributed by atoms with Gasteiger partial charge in [0.1, 0.15) is 12.9 Å². The number of ether oxygens (including phenoxy) is 1. The molecule has 2 aromatic heterocycles. The lowest BCUT2D eigenvalue weighted by atomic mass is 10.0. The van der Waals surface area contributed by atoms with Gasteiger partial charge in [0, 0.05) is 15.8 Å². The highest BCUT2D eigenvalue weighted by molar-refractivity contribution is 6.30. The van der Waals surface area contributed by atoms with E-state index < -0.39 is 11.9 Å². The van der Waals surface area contributed by atoms with Crippen molar-refractivity contribution >= 4 is 39.9 Å². The van der Waals surface area contributed by atoms with Crippen molar-refractivity contribution in [2.75, 3.05) is 13.2 Å². The van der Waals surface area contributed by atoms with Crippen molar-refractivity contribution in [2.24, 2.45) is 0 Å². The Bertz CT molecular complexity index is 1270. The maximum Gasteiger partial charge on any atom is 0.325 e. The van der Waals surface area contributed by atoms with E-state index in [0.29, 0.717) is 21.4 Å². The summed E-state index contributed by atoms with van der Waals surface area (Å²) in [6.07, 6.45) is 1.30. The quantitative estimate of drug-likeness (QED) is 0.476. The van der Waals surface area contributed by atoms with E-state index in [1.165, 1.54) is 10.8 Å². The second kappa shape index (κ2) is 8.00. The molecule has 0 aliphatic heterocycles. The molecule has 0 spiro atoms. The summed E-state index contributed by atoms with van der Waals surface area (Å²) in [6.45, 7) is 1.56. The smallest absolute Gasteiger partial charge is 0.325 e. The zero-order chi connectivity index (χ0) is 21.3. The Morgan fingerprint density at radius 3 is 2.60 bits per heavy atom. The molecule has 0 saturated heterocycles. The van der Waals surface area contributed by atoms with Crippen molar-refractivity contribution in [3.05, 3.63) is 59.5 Å². The van der Waals surface area contributed by atoms with Gasteiger partial charge in [-0.2, -0.15) is 5.10 Å². The molecule has 0 bridgehead atoms. The second-order valence-electron chi connectivity index (χ2n) is 6.45. The Balaban J connectivity index is 1.80. The summed E-state index contributed by atoms with van der Waals surface area (Å²) in [4.78, 5) is 28.5. The predicted molar refractivity (Wildman–Crippen MR) is 112 cm³/mol. The van der Waals surface area contributed by atoms with Crippen LogP contribution in [0.15, 0.2) is 48.8 Å². The van der Waals surface area contributed by atoms with Crippen LogP contribution in [0.3, 0.4) is 0 Å². The zero-order valence-electron chi connectivity index (χ0n) is 15.9. The highest BCUT2D eigenvalue weighted by Crippen LogP contribution is 2.34. The Morgan fingerprint density at radius 2 is 1.87 bits per heavy atom. The molecule has 152 valence electrons. The first-order chi connectivity index (χ1) is 14.5. The average Bonchev–Trinajstić information content (AvgIpc) is 3.22. The lowest BCUT2D eigenvalue weighted by molar-refractivity contribution is -0.141. The highest BCUT2D eigenvalue weighted by atomic mass is 35.5. The van der Waals surface area contributed by atoms with Crippen molar-refractivity contribution in [3.63, 3.8) is 0 Å². The predicted octanol–water partition coefficient (Wildman–Crippen LogP) is 3.20. The molecular weight excluding hydrogens is 408 g/mol. The largest absolute Gasteiger partial charge is 0.505 e. The minimum absolute atomic E-state index is 0.112. The van der Waals surface area contributed by atoms with Gasteiger partial charge in [-0.25, -0.2) is 9.50 Å². The molecule has 0 fully saturated rings. The molecule has 2 N–H and O–H groups in total. The first kappa shape index (κ1) is 19.7. The Kier molecular flexibility index (Phi) is 5.24. The third-order valence-corrected chi connectivity index (χ3v) is 4.84. The van der Waals surface area contributed by atoms with Crippen molar-refractivity contribution in [2.45, 2.75) is 6.92 Å². The topological polar surface area (TPSA) is 106 Å². The van der Waals surface area contributed by atoms with Crippen LogP contribution < -0.4 is 5.32 Å². The van der Waals surface area contributed by atoms with E-state index in [-0.39, 0.29) is 24.6 Å². The number of aromatic hydroxyl groups is 1. The molecule has 4 aromatic rings. The van der Waals surface area contributed by atoms with E-state index in [2.05, 4.69) is 15.4 Å². The number of hydrogen-bond acceptors (Lipinski definition) is 6. The number of amides is 1. The molecule has 2 heterocycles. The van der Waals surface area contributed by atoms with Gasteiger partial charge in [0.2, 0.25) is 0 Å². The SMILES string of the molecule is CCOC(=O)CNC(=O)c1c(O)c2ccc(-c3ccc(Cl)cc3)cc2c2ncnn12. The van der Waals surface area contributed by atoms with Crippen LogP contribution in [0.25, 0.3) is 27.5 Å². The van der Waals surface area contributed by atoms with Crippen molar-refractivity contribution < 1.29 is 19.4 Å². The minimum Gasteiger partial charge on any atom is -0.505 e. The van der Waals surface area contributed by atoms with E-state index >= 15 is 0 Å². The molecule has 0 aliphatic rings. The van der Waals surface area contributed by atoms with Gasteiger partial charge < -0.3 is 15.2 Å². The third kappa shape index (κ3) is 3.53. The van der Waals surface area contributed by atoms with Crippen LogP contribution in [-0.2, 0) is 9.53 Å². The Hall–Kier alpha value is -3.65. The third-order valence-electron chi connectivity index (χ3n) is 4.59. The van der Waals surface area contributed by atoms with Crippen LogP contribution in [0.4, 0.5) is 0 Å². The number of aromatic nitrogens is 3. The molecule has 8 nitrogen and oxygen atoms in total. The fourth-order valence-electron chi connectivity index (χ4n) is 3.23. The molecule has 1 amide bonds. The van der Waals surface area contributed by atoms with Crippen LogP contribution in [-0.4, -0.2) is 44.7 Å². The van der Waals surface area contributed by atoms with Gasteiger partial charge in [-0.1, -0.05) is 29.8 Å². The van der Waals surface area contributed by atoms with Crippen molar-refractivity contribution in [1.82, 2.24) is 19.9 Å². The number of pyridine rings is 1. The lowest BCUT2D eigenvalue weighted by Gasteiger charge is -2.12. The van der Waals surface area contributed by atoms with E-state index in [1.54, 1.807) is 25.1 Å². The van der Waals surface area contributed by atoms with E-state index in [1.807, 2.05) is 24.3 Å². The van der Waals surface area contributed by atoms with E-state index in [4.69, 9.17) is 16.3 Å². The summed E-state index contributed by atoms with van der Waals surface area (Å²) in [5.74, 6) is -1.50. The monoisotopic (exact) mass is 424 g/mol. The molecule has 9 heteroatoms. The van der Waals surface area contributed by atoms with Gasteiger partial charge in [0.05, 0.1) is 6.61 Å². The number of esters is 1. The van der Waals surface area contributed by atoms with Crippen molar-refractivity contribution in [3.8, 4) is 16.9 Å². The summed E-state index contributed by atoms with van der Waals surface area (Å²) in [6, 6.07) is 12.8. The molecular formula is C21H17ClN4O4. The van der Waals surface area contributed by atoms with Crippen LogP contribution in [0.5, 0.6) is 5.75 Å². The molecule has 4 rings (SSSR count). The summed E-state index contributed by atoms with van der Waals surface area (Å²) in [5, 5.41) is 19.0. The number of nitrogens with zero attached hydrogens (tertiary/aromatic N) is 3. The second-order valence-corrected chi connectivity index (χ2v) is 6.88. The number of rotatable bonds is 5. The molecule has 0 aliphatic carbocycles. The first-order valence-electron chi connectivity index (χ1n) is 9.17. The summed E-state index contributed by atoms with van der Waals surface area (Å²) in [5.41, 5.74) is 2.12. The number of carbonyl (C=O) groups excluding carboxylic acids is 2. The normalized spacial score (nSPS) is 11.0. The molecule has 0 unspecified atom stereocenters. The number of halogens is 1. The standard InChI is InChI=1S/C21H17ClN4O4/c1-2-30-17(27)10-23-21(29)18-19(28)15-8-5-13(12-3-6-14(22)7-4-12)9-16(15)20-24-11-25-26(18)20/h3-9,11,28H,2,10H2,1H3,(H,23,29). The Morgan fingerprint density at radius 1 is 1.13 bits per heavy atom. The first-order valence-corrected chi connectivity index (χ1v) is 9.55. The Labute approximate surface area is 176 Å². The summed E-state index contributed by atoms with van der Waals surface area (Å²) < 4.78 is 6.06. The van der Waals surface area contributed by atoms with Gasteiger partial charge in [0.15, 0.2) is 17.1 Å². The maximum atomic E-state index is 12.7. The fourth-order valence-corrected chi connectivity index (χ4v) is 3.35. The van der Waals surface area contributed by atoms with Crippen LogP contribution in [0.2, 0.25) is 5.02 Å². The average molecular weight is 425 g/mol. The summed E-state index contributed by atoms with van der Waals surface area (Å²) in [7, 11) is 0. The van der Waals surface area contributed by atoms with Gasteiger partial charge >= 0.3 is 5.97 Å². The maximum absolute atomic E-state index is 12.7. The van der Waals surface area contributed by atoms with E-state index in [9.17, 15) is 14.7 Å². The molecule has 0 saturated carbocycles. The molecule has 0 radical (unpaired) electrons. The fraction of sp³-hybridized carbons (Fsp3) is 0.143. The molecule has 2 aromatic carbocycles. The van der Waals surface area contributed by atoms with Crippen LogP contribution in [0.1, 0.15) is 17.4 Å². The van der Waals surface area contributed by atoms with Crippen LogP contribution >= 0.6 is 11.6 Å². The van der Waals surface area contributed by atoms with Gasteiger partial charge in [0.25, 0.3) is 5.91 Å². The lowest BCUT2D eigenvalue weighted by Crippen LogP contribution is -2.32. The molecule has 0 atom stereocenters. The number of fused-ring (bicyclic) bond motifs is 3. The van der Waals surface area contributed by atoms with E-state index in [0.717, 1.165) is 11.1 Å². The number of nitrogens with one attached hydrogen (secondary N) is 1. The number of hydrogen-bond donors (Lipinski definition) is 2. The van der Waals surface area contributed by atoms with Gasteiger partial charge in [-0.3, -0.25) is 9.59 Å². The number of carbonyl (C=O) groups is 2. The minimum atomic E-state index is -0.667. The van der Waals surface area contributed by atoms with Crippen LogP contribution in [0, 0.1) is 0 Å². The van der Waals surface area contributed by atoms with Gasteiger partial charge in [-0.05, 0) is 42.3 Å². The zero-order valence-corrected chi connectivity index (χ0v) is 16.7. The van der Waals surface area contributed by atoms with Gasteiger partial charge in [-0.15, -0.1) is 0 Å². The molecule has 30 heavy (non-hydrogen) atoms. The van der Waals surface area contributed by atoms with Crippen molar-refractivity contribution in [1.29, 1.82) is 0 Å². The summed E-state index contributed by atoms with van der Waals surface area (Å²) >= 11 is 5.97. The highest BCUT2D eigenvalue weighted by Gasteiger charge is 2.22. The number of benzene rings is 2.